The second-order valence-electron chi connectivity index (χ2n) is 16.3. The molecule has 0 amide bonds. The Labute approximate surface area is 364 Å². The molecule has 0 N–H and O–H groups in total. The summed E-state index contributed by atoms with van der Waals surface area (Å²) in [5, 5.41) is 8.58. The fourth-order valence-electron chi connectivity index (χ4n) is 9.64. The predicted octanol–water partition coefficient (Wildman–Crippen LogP) is 10.9. The molecule has 0 fully saturated rings. The van der Waals surface area contributed by atoms with Crippen molar-refractivity contribution in [3.8, 4) is 16.9 Å². The van der Waals surface area contributed by atoms with Crippen LogP contribution in [0.15, 0.2) is 218 Å². The number of hydrogen-bond donors (Lipinski definition) is 0. The Morgan fingerprint density at radius 3 is 1.20 bits per heavy atom. The van der Waals surface area contributed by atoms with Crippen LogP contribution in [0.5, 0.6) is 5.75 Å². The number of carbonyl (C=O) groups is 1. The van der Waals surface area contributed by atoms with Gasteiger partial charge in [0.1, 0.15) is 0 Å². The average molecular weight is 835 g/mol. The second kappa shape index (κ2) is 19.6. The Morgan fingerprint density at radius 1 is 0.443 bits per heavy atom. The first-order valence-corrected chi connectivity index (χ1v) is 26.1. The Balaban J connectivity index is 1.09. The van der Waals surface area contributed by atoms with Crippen molar-refractivity contribution < 1.29 is 9.53 Å². The van der Waals surface area contributed by atoms with Crippen molar-refractivity contribution in [2.24, 2.45) is 0 Å². The first kappa shape index (κ1) is 41.8. The van der Waals surface area contributed by atoms with E-state index < -0.39 is 14.5 Å². The van der Waals surface area contributed by atoms with Gasteiger partial charge in [0.05, 0.1) is 0 Å². The summed E-state index contributed by atoms with van der Waals surface area (Å²) in [4.78, 5) is 12.4. The van der Waals surface area contributed by atoms with E-state index in [1.54, 1.807) is 0 Å². The van der Waals surface area contributed by atoms with Crippen LogP contribution in [0.3, 0.4) is 0 Å². The van der Waals surface area contributed by atoms with Crippen LogP contribution in [-0.2, 0) is 17.6 Å². The van der Waals surface area contributed by atoms with E-state index in [2.05, 4.69) is 219 Å². The fraction of sp³-hybridized carbons (Fsp3) is 0.140. The molecule has 0 saturated heterocycles. The molecule has 0 aliphatic heterocycles. The zero-order chi connectivity index (χ0) is 41.9. The molecule has 8 aromatic carbocycles. The van der Waals surface area contributed by atoms with Gasteiger partial charge in [0.15, 0.2) is 0 Å². The van der Waals surface area contributed by atoms with Crippen molar-refractivity contribution in [3.05, 3.63) is 235 Å². The number of rotatable bonds is 16. The summed E-state index contributed by atoms with van der Waals surface area (Å²) >= 11 is 0. The molecule has 61 heavy (non-hydrogen) atoms. The molecule has 8 aromatic rings. The molecule has 8 rings (SSSR count). The zero-order valence-corrected chi connectivity index (χ0v) is 37.3. The van der Waals surface area contributed by atoms with E-state index in [9.17, 15) is 4.79 Å². The Bertz CT molecular complexity index is 2440. The van der Waals surface area contributed by atoms with Gasteiger partial charge in [-0.3, -0.25) is 0 Å². The van der Waals surface area contributed by atoms with Crippen LogP contribution in [0.25, 0.3) is 11.1 Å². The molecule has 0 aliphatic rings. The zero-order valence-electron chi connectivity index (χ0n) is 35.3. The van der Waals surface area contributed by atoms with Gasteiger partial charge in [-0.05, 0) is 0 Å². The summed E-state index contributed by atoms with van der Waals surface area (Å²) in [6.45, 7) is 3.70. The van der Waals surface area contributed by atoms with Gasteiger partial charge in [0.25, 0.3) is 0 Å². The third-order valence-electron chi connectivity index (χ3n) is 12.5. The first-order chi connectivity index (χ1) is 30.0. The normalized spacial score (nSPS) is 12.1. The van der Waals surface area contributed by atoms with Gasteiger partial charge in [0.2, 0.25) is 0 Å². The molecule has 0 radical (unpaired) electrons. The van der Waals surface area contributed by atoms with Gasteiger partial charge >= 0.3 is 366 Å². The minimum absolute atomic E-state index is 0.296. The van der Waals surface area contributed by atoms with Crippen molar-refractivity contribution >= 4 is 52.3 Å². The van der Waals surface area contributed by atoms with Crippen LogP contribution in [-0.4, -0.2) is 18.3 Å². The van der Waals surface area contributed by atoms with Crippen LogP contribution in [0.1, 0.15) is 36.5 Å². The first-order valence-electron chi connectivity index (χ1n) is 21.7. The predicted molar refractivity (Wildman–Crippen MR) is 267 cm³/mol. The summed E-state index contributed by atoms with van der Waals surface area (Å²) in [6.07, 6.45) is 5.91. The molecular weight excluding hydrogens is 779 g/mol. The van der Waals surface area contributed by atoms with Gasteiger partial charge in [-0.15, -0.1) is 0 Å². The maximum absolute atomic E-state index is 12.4. The van der Waals surface area contributed by atoms with Crippen molar-refractivity contribution in [1.29, 1.82) is 0 Å². The maximum atomic E-state index is 12.4. The van der Waals surface area contributed by atoms with Crippen LogP contribution in [0.2, 0.25) is 0 Å². The number of carbonyl (C=O) groups excluding carboxylic acids is 1. The Morgan fingerprint density at radius 2 is 0.820 bits per heavy atom. The monoisotopic (exact) mass is 834 g/mol. The molecule has 0 heterocycles. The quantitative estimate of drug-likeness (QED) is 0.0551. The molecule has 306 valence electrons. The van der Waals surface area contributed by atoms with Gasteiger partial charge in [-0.25, -0.2) is 0 Å². The van der Waals surface area contributed by atoms with E-state index in [0.717, 1.165) is 49.1 Å². The van der Waals surface area contributed by atoms with Gasteiger partial charge < -0.3 is 0 Å². The SMILES string of the molecule is CC(=O)Oc1ccc(-c2cc(CCC[PH](c3ccccc3)(c3ccccc3)c3ccccc3)ccc2C)cc1CCC[PH](c1ccccc1)(c1ccccc1)c1ccccc1. The van der Waals surface area contributed by atoms with E-state index in [-0.39, 0.29) is 5.97 Å². The molecule has 4 heteroatoms. The third kappa shape index (κ3) is 9.23. The number of aryl methyl sites for hydroxylation is 3. The summed E-state index contributed by atoms with van der Waals surface area (Å²) in [6, 6.07) is 80.4. The van der Waals surface area contributed by atoms with Crippen molar-refractivity contribution in [1.82, 2.24) is 0 Å². The number of benzene rings is 8. The summed E-state index contributed by atoms with van der Waals surface area (Å²) in [5.74, 6) is 0.357. The summed E-state index contributed by atoms with van der Waals surface area (Å²) in [5.41, 5.74) is 6.03. The van der Waals surface area contributed by atoms with Crippen LogP contribution in [0, 0.1) is 6.92 Å². The van der Waals surface area contributed by atoms with Crippen molar-refractivity contribution in [3.63, 3.8) is 0 Å². The number of hydrogen-bond acceptors (Lipinski definition) is 2. The Kier molecular flexibility index (Phi) is 13.5. The molecule has 0 bridgehead atoms. The molecular formula is C57H56O2P2. The molecule has 2 nitrogen and oxygen atoms in total. The summed E-state index contributed by atoms with van der Waals surface area (Å²) < 4.78 is 5.90. The molecule has 0 atom stereocenters. The van der Waals surface area contributed by atoms with E-state index in [4.69, 9.17) is 4.74 Å². The number of ether oxygens (including phenoxy) is 1. The molecule has 0 unspecified atom stereocenters. The average Bonchev–Trinajstić information content (AvgIpc) is 3.32. The second-order valence-corrected chi connectivity index (χ2v) is 24.4. The van der Waals surface area contributed by atoms with E-state index >= 15 is 0 Å². The number of esters is 1. The van der Waals surface area contributed by atoms with E-state index in [0.29, 0.717) is 5.75 Å². The van der Waals surface area contributed by atoms with E-state index in [1.807, 2.05) is 6.07 Å². The topological polar surface area (TPSA) is 26.3 Å². The summed E-state index contributed by atoms with van der Waals surface area (Å²) in [7, 11) is -4.74. The van der Waals surface area contributed by atoms with Gasteiger partial charge in [-0.2, -0.15) is 0 Å². The van der Waals surface area contributed by atoms with Crippen LogP contribution >= 0.6 is 14.5 Å². The van der Waals surface area contributed by atoms with Crippen LogP contribution in [0.4, 0.5) is 0 Å². The van der Waals surface area contributed by atoms with Gasteiger partial charge in [0, 0.05) is 0 Å². The van der Waals surface area contributed by atoms with Gasteiger partial charge in [-0.1, -0.05) is 0 Å². The standard InChI is InChI=1S/C57H56O2P2/c1-45-37-38-47(23-21-41-60(50-25-9-3-10-26-50,51-27-11-4-12-28-51)52-29-13-5-14-30-52)43-56(45)48-39-40-57(59-46(2)58)49(44-48)24-22-42-61(53-31-15-6-16-32-53,54-33-17-7-18-34-54)55-35-19-8-20-36-55/h3-20,25-40,43-44,60-61H,21-24,41-42H2,1-2H3. The minimum atomic E-state index is -2.42. The van der Waals surface area contributed by atoms with Crippen molar-refractivity contribution in [2.45, 2.75) is 39.5 Å². The molecule has 0 spiro atoms. The molecule has 0 saturated carbocycles. The third-order valence-corrected chi connectivity index (χ3v) is 22.7. The van der Waals surface area contributed by atoms with E-state index in [1.165, 1.54) is 55.4 Å². The van der Waals surface area contributed by atoms with Crippen LogP contribution < -0.4 is 36.6 Å². The molecule has 0 aliphatic carbocycles. The molecule has 0 aromatic heterocycles. The van der Waals surface area contributed by atoms with Crippen molar-refractivity contribution in [2.75, 3.05) is 12.3 Å². The Hall–Kier alpha value is -5.91. The fourth-order valence-corrected chi connectivity index (χ4v) is 19.4.